The third-order valence-corrected chi connectivity index (χ3v) is 2.94. The Morgan fingerprint density at radius 2 is 2.25 bits per heavy atom. The highest BCUT2D eigenvalue weighted by atomic mass is 16.6. The minimum absolute atomic E-state index is 0.0115. The van der Waals surface area contributed by atoms with E-state index in [9.17, 15) is 14.9 Å². The average molecular weight is 282 g/mol. The van der Waals surface area contributed by atoms with Gasteiger partial charge in [0, 0.05) is 30.3 Å². The Hall–Kier alpha value is -2.15. The van der Waals surface area contributed by atoms with Crippen molar-refractivity contribution in [3.8, 4) is 5.75 Å². The molecule has 20 heavy (non-hydrogen) atoms. The smallest absolute Gasteiger partial charge is 0.310 e. The van der Waals surface area contributed by atoms with Gasteiger partial charge in [0.05, 0.1) is 12.0 Å². The molecule has 1 aromatic rings. The van der Waals surface area contributed by atoms with E-state index in [2.05, 4.69) is 5.32 Å². The van der Waals surface area contributed by atoms with Gasteiger partial charge in [-0.25, -0.2) is 0 Å². The number of carbonyl (C=O) groups is 1. The highest BCUT2D eigenvalue weighted by Crippen LogP contribution is 2.27. The number of aliphatic hydroxyl groups is 1. The van der Waals surface area contributed by atoms with Crippen LogP contribution in [0.2, 0.25) is 0 Å². The maximum atomic E-state index is 12.0. The van der Waals surface area contributed by atoms with E-state index in [4.69, 9.17) is 9.84 Å². The zero-order chi connectivity index (χ0) is 15.1. The van der Waals surface area contributed by atoms with Crippen LogP contribution in [0, 0.1) is 10.1 Å². The molecule has 110 valence electrons. The molecule has 0 aliphatic heterocycles. The first-order chi connectivity index (χ1) is 9.53. The number of aliphatic hydroxyl groups excluding tert-OH is 1. The van der Waals surface area contributed by atoms with Gasteiger partial charge >= 0.3 is 5.69 Å². The predicted octanol–water partition coefficient (Wildman–Crippen LogP) is 1.49. The molecule has 0 saturated heterocycles. The predicted molar refractivity (Wildman–Crippen MR) is 72.9 cm³/mol. The van der Waals surface area contributed by atoms with Gasteiger partial charge in [0.25, 0.3) is 5.91 Å². The average Bonchev–Trinajstić information content (AvgIpc) is 2.45. The molecule has 0 bridgehead atoms. The van der Waals surface area contributed by atoms with Crippen LogP contribution in [0.3, 0.4) is 0 Å². The van der Waals surface area contributed by atoms with Crippen LogP contribution in [0.25, 0.3) is 0 Å². The quantitative estimate of drug-likeness (QED) is 0.582. The molecule has 7 nitrogen and oxygen atoms in total. The summed E-state index contributed by atoms with van der Waals surface area (Å²) in [5, 5.41) is 22.4. The van der Waals surface area contributed by atoms with Crippen molar-refractivity contribution in [3.63, 3.8) is 0 Å². The number of nitrogens with zero attached hydrogens (tertiary/aromatic N) is 1. The molecule has 7 heteroatoms. The molecule has 1 atom stereocenters. The maximum Gasteiger partial charge on any atom is 0.310 e. The number of rotatable bonds is 7. The highest BCUT2D eigenvalue weighted by Gasteiger charge is 2.18. The third-order valence-electron chi connectivity index (χ3n) is 2.94. The fourth-order valence-corrected chi connectivity index (χ4v) is 1.77. The Balaban J connectivity index is 2.91. The molecule has 1 rings (SSSR count). The second-order valence-corrected chi connectivity index (χ2v) is 4.23. The number of hydrogen-bond acceptors (Lipinski definition) is 5. The number of amides is 1. The third kappa shape index (κ3) is 3.92. The Morgan fingerprint density at radius 3 is 2.75 bits per heavy atom. The summed E-state index contributed by atoms with van der Waals surface area (Å²) in [6.45, 7) is 1.89. The molecule has 0 fully saturated rings. The summed E-state index contributed by atoms with van der Waals surface area (Å²) in [5.41, 5.74) is 0.0929. The SMILES string of the molecule is CCC(CCO)NC(=O)c1ccc([N+](=O)[O-])c(OC)c1. The first-order valence-electron chi connectivity index (χ1n) is 6.27. The number of benzene rings is 1. The summed E-state index contributed by atoms with van der Waals surface area (Å²) in [4.78, 5) is 22.2. The molecular formula is C13H18N2O5. The summed E-state index contributed by atoms with van der Waals surface area (Å²) >= 11 is 0. The number of nitro groups is 1. The Bertz CT molecular complexity index is 490. The Kier molecular flexibility index (Phi) is 5.92. The van der Waals surface area contributed by atoms with Crippen molar-refractivity contribution in [1.82, 2.24) is 5.32 Å². The van der Waals surface area contributed by atoms with E-state index in [1.165, 1.54) is 25.3 Å². The first-order valence-corrected chi connectivity index (χ1v) is 6.27. The van der Waals surface area contributed by atoms with Gasteiger partial charge in [0.1, 0.15) is 0 Å². The van der Waals surface area contributed by atoms with Crippen molar-refractivity contribution >= 4 is 11.6 Å². The normalized spacial score (nSPS) is 11.8. The summed E-state index contributed by atoms with van der Waals surface area (Å²) in [5.74, 6) is -0.309. The Labute approximate surface area is 116 Å². The van der Waals surface area contributed by atoms with Gasteiger partial charge in [0.2, 0.25) is 0 Å². The van der Waals surface area contributed by atoms with E-state index in [1.807, 2.05) is 6.92 Å². The number of nitro benzene ring substituents is 1. The van der Waals surface area contributed by atoms with Crippen molar-refractivity contribution < 1.29 is 19.6 Å². The molecule has 1 unspecified atom stereocenters. The zero-order valence-corrected chi connectivity index (χ0v) is 11.5. The van der Waals surface area contributed by atoms with Gasteiger partial charge in [-0.2, -0.15) is 0 Å². The minimum Gasteiger partial charge on any atom is -0.490 e. The molecule has 0 aromatic heterocycles. The van der Waals surface area contributed by atoms with Crippen LogP contribution in [0.5, 0.6) is 5.75 Å². The Morgan fingerprint density at radius 1 is 1.55 bits per heavy atom. The lowest BCUT2D eigenvalue weighted by atomic mass is 10.1. The molecule has 0 spiro atoms. The molecular weight excluding hydrogens is 264 g/mol. The minimum atomic E-state index is -0.568. The van der Waals surface area contributed by atoms with Gasteiger partial charge in [-0.3, -0.25) is 14.9 Å². The lowest BCUT2D eigenvalue weighted by Crippen LogP contribution is -2.35. The fraction of sp³-hybridized carbons (Fsp3) is 0.462. The largest absolute Gasteiger partial charge is 0.490 e. The number of hydrogen-bond donors (Lipinski definition) is 2. The van der Waals surface area contributed by atoms with Crippen LogP contribution in [0.4, 0.5) is 5.69 Å². The molecule has 1 aromatic carbocycles. The molecule has 1 amide bonds. The van der Waals surface area contributed by atoms with E-state index in [0.717, 1.165) is 0 Å². The molecule has 2 N–H and O–H groups in total. The number of methoxy groups -OCH3 is 1. The van der Waals surface area contributed by atoms with Crippen LogP contribution < -0.4 is 10.1 Å². The van der Waals surface area contributed by atoms with E-state index in [1.54, 1.807) is 0 Å². The monoisotopic (exact) mass is 282 g/mol. The maximum absolute atomic E-state index is 12.0. The molecule has 0 aliphatic rings. The van der Waals surface area contributed by atoms with Crippen LogP contribution in [0.15, 0.2) is 18.2 Å². The number of carbonyl (C=O) groups excluding carboxylic acids is 1. The number of nitrogens with one attached hydrogen (secondary N) is 1. The van der Waals surface area contributed by atoms with Crippen LogP contribution >= 0.6 is 0 Å². The summed E-state index contributed by atoms with van der Waals surface area (Å²) in [6, 6.07) is 3.82. The van der Waals surface area contributed by atoms with Crippen molar-refractivity contribution in [1.29, 1.82) is 0 Å². The standard InChI is InChI=1S/C13H18N2O5/c1-3-10(6-7-16)14-13(17)9-4-5-11(15(18)19)12(8-9)20-2/h4-5,8,10,16H,3,6-7H2,1-2H3,(H,14,17). The van der Waals surface area contributed by atoms with Crippen LogP contribution in [-0.2, 0) is 0 Å². The second kappa shape index (κ2) is 7.44. The summed E-state index contributed by atoms with van der Waals surface area (Å²) in [7, 11) is 1.31. The van der Waals surface area contributed by atoms with E-state index < -0.39 is 4.92 Å². The van der Waals surface area contributed by atoms with E-state index in [0.29, 0.717) is 12.8 Å². The molecule has 0 aliphatic carbocycles. The first kappa shape index (κ1) is 15.9. The number of ether oxygens (including phenoxy) is 1. The van der Waals surface area contributed by atoms with Gasteiger partial charge in [-0.1, -0.05) is 6.92 Å². The second-order valence-electron chi connectivity index (χ2n) is 4.23. The van der Waals surface area contributed by atoms with Gasteiger partial charge < -0.3 is 15.2 Å². The molecule has 0 radical (unpaired) electrons. The molecule has 0 saturated carbocycles. The fourth-order valence-electron chi connectivity index (χ4n) is 1.77. The van der Waals surface area contributed by atoms with Gasteiger partial charge in [0.15, 0.2) is 5.75 Å². The van der Waals surface area contributed by atoms with Crippen molar-refractivity contribution in [3.05, 3.63) is 33.9 Å². The summed E-state index contributed by atoms with van der Waals surface area (Å²) < 4.78 is 4.91. The highest BCUT2D eigenvalue weighted by molar-refractivity contribution is 5.95. The van der Waals surface area contributed by atoms with Crippen LogP contribution in [0.1, 0.15) is 30.1 Å². The van der Waals surface area contributed by atoms with Crippen molar-refractivity contribution in [2.75, 3.05) is 13.7 Å². The van der Waals surface area contributed by atoms with E-state index >= 15 is 0 Å². The van der Waals surface area contributed by atoms with Crippen LogP contribution in [-0.4, -0.2) is 35.7 Å². The van der Waals surface area contributed by atoms with Crippen molar-refractivity contribution in [2.45, 2.75) is 25.8 Å². The van der Waals surface area contributed by atoms with Gasteiger partial charge in [-0.15, -0.1) is 0 Å². The lowest BCUT2D eigenvalue weighted by molar-refractivity contribution is -0.385. The topological polar surface area (TPSA) is 102 Å². The summed E-state index contributed by atoms with van der Waals surface area (Å²) in [6.07, 6.45) is 1.16. The zero-order valence-electron chi connectivity index (χ0n) is 11.5. The molecule has 0 heterocycles. The van der Waals surface area contributed by atoms with Gasteiger partial charge in [-0.05, 0) is 18.9 Å². The lowest BCUT2D eigenvalue weighted by Gasteiger charge is -2.15. The van der Waals surface area contributed by atoms with Crippen molar-refractivity contribution in [2.24, 2.45) is 0 Å². The van der Waals surface area contributed by atoms with E-state index in [-0.39, 0.29) is 35.6 Å².